The maximum absolute atomic E-state index is 13.2. The zero-order valence-corrected chi connectivity index (χ0v) is 17.4. The molecule has 0 radical (unpaired) electrons. The van der Waals surface area contributed by atoms with E-state index in [2.05, 4.69) is 27.5 Å². The van der Waals surface area contributed by atoms with Gasteiger partial charge >= 0.3 is 0 Å². The quantitative estimate of drug-likeness (QED) is 0.638. The average Bonchev–Trinajstić information content (AvgIpc) is 3.19. The highest BCUT2D eigenvalue weighted by Gasteiger charge is 2.22. The Kier molecular flexibility index (Phi) is 5.79. The van der Waals surface area contributed by atoms with Gasteiger partial charge in [0.05, 0.1) is 18.7 Å². The van der Waals surface area contributed by atoms with Gasteiger partial charge in [0.2, 0.25) is 5.82 Å². The summed E-state index contributed by atoms with van der Waals surface area (Å²) >= 11 is 1.55. The summed E-state index contributed by atoms with van der Waals surface area (Å²) in [4.78, 5) is 15.4. The smallest absolute Gasteiger partial charge is 0.296 e. The molecule has 1 fully saturated rings. The molecule has 1 aromatic carbocycles. The number of rotatable bonds is 6. The second-order valence-electron chi connectivity index (χ2n) is 7.36. The van der Waals surface area contributed by atoms with Crippen LogP contribution in [0.4, 0.5) is 5.82 Å². The number of fused-ring (bicyclic) bond motifs is 1. The zero-order chi connectivity index (χ0) is 20.4. The van der Waals surface area contributed by atoms with Crippen LogP contribution in [0.2, 0.25) is 0 Å². The van der Waals surface area contributed by atoms with Crippen LogP contribution in [0, 0.1) is 0 Å². The molecule has 0 bridgehead atoms. The van der Waals surface area contributed by atoms with E-state index < -0.39 is 0 Å². The predicted octanol–water partition coefficient (Wildman–Crippen LogP) is 2.38. The number of phenolic OH excluding ortho intramolecular Hbond substituents is 1. The van der Waals surface area contributed by atoms with Crippen LogP contribution in [-0.2, 0) is 11.3 Å². The van der Waals surface area contributed by atoms with Crippen molar-refractivity contribution in [2.24, 2.45) is 0 Å². The third-order valence-corrected chi connectivity index (χ3v) is 6.16. The fourth-order valence-corrected chi connectivity index (χ4v) is 4.57. The number of aromatic nitrogens is 3. The average molecular weight is 416 g/mol. The van der Waals surface area contributed by atoms with Gasteiger partial charge in [0.25, 0.3) is 5.56 Å². The largest absolute Gasteiger partial charge is 0.507 e. The first kappa shape index (κ1) is 19.8. The lowest BCUT2D eigenvalue weighted by Crippen LogP contribution is -2.42. The van der Waals surface area contributed by atoms with Gasteiger partial charge in [0.1, 0.15) is 5.75 Å². The van der Waals surface area contributed by atoms with Gasteiger partial charge in [-0.1, -0.05) is 0 Å². The predicted molar refractivity (Wildman–Crippen MR) is 115 cm³/mol. The van der Waals surface area contributed by atoms with Crippen molar-refractivity contribution < 1.29 is 9.84 Å². The van der Waals surface area contributed by atoms with E-state index in [0.717, 1.165) is 36.0 Å². The summed E-state index contributed by atoms with van der Waals surface area (Å²) < 4.78 is 7.69. The van der Waals surface area contributed by atoms with Crippen molar-refractivity contribution in [3.8, 4) is 17.1 Å². The second-order valence-corrected chi connectivity index (χ2v) is 8.31. The number of anilines is 1. The summed E-state index contributed by atoms with van der Waals surface area (Å²) in [6.45, 7) is 2.59. The number of hydrogen-bond donors (Lipinski definition) is 2. The molecule has 0 aliphatic carbocycles. The Morgan fingerprint density at radius 3 is 3.00 bits per heavy atom. The Morgan fingerprint density at radius 2 is 2.21 bits per heavy atom. The number of thiophene rings is 1. The molecule has 1 aliphatic rings. The number of ether oxygens (including phenoxy) is 1. The van der Waals surface area contributed by atoms with Gasteiger partial charge in [-0.15, -0.1) is 21.5 Å². The number of hydrogen-bond acceptors (Lipinski definition) is 8. The first-order valence-corrected chi connectivity index (χ1v) is 10.6. The Bertz CT molecular complexity index is 1060. The van der Waals surface area contributed by atoms with Crippen molar-refractivity contribution in [1.82, 2.24) is 19.7 Å². The van der Waals surface area contributed by atoms with E-state index in [9.17, 15) is 9.90 Å². The van der Waals surface area contributed by atoms with E-state index in [4.69, 9.17) is 4.74 Å². The minimum Gasteiger partial charge on any atom is -0.507 e. The number of piperidine rings is 1. The van der Waals surface area contributed by atoms with E-state index in [1.807, 2.05) is 17.5 Å². The minimum atomic E-state index is -0.259. The van der Waals surface area contributed by atoms with E-state index in [0.29, 0.717) is 24.5 Å². The number of nitrogens with one attached hydrogen (secondary N) is 1. The van der Waals surface area contributed by atoms with Crippen molar-refractivity contribution in [2.45, 2.75) is 25.4 Å². The number of likely N-dealkylation sites (tertiary alicyclic amines) is 1. The molecule has 3 heterocycles. The van der Waals surface area contributed by atoms with Gasteiger partial charge in [-0.2, -0.15) is 0 Å². The van der Waals surface area contributed by atoms with E-state index in [1.54, 1.807) is 24.5 Å². The Labute approximate surface area is 172 Å². The zero-order valence-electron chi connectivity index (χ0n) is 16.6. The summed E-state index contributed by atoms with van der Waals surface area (Å²) in [7, 11) is 3.66. The lowest BCUT2D eigenvalue weighted by atomic mass is 10.1. The molecular weight excluding hydrogens is 390 g/mol. The van der Waals surface area contributed by atoms with Gasteiger partial charge < -0.3 is 20.1 Å². The molecule has 0 saturated carbocycles. The number of methoxy groups -OCH3 is 1. The van der Waals surface area contributed by atoms with Crippen LogP contribution < -0.4 is 10.9 Å². The van der Waals surface area contributed by atoms with Crippen molar-refractivity contribution in [3.63, 3.8) is 0 Å². The van der Waals surface area contributed by atoms with Crippen LogP contribution in [0.5, 0.6) is 5.75 Å². The molecule has 3 aromatic rings. The van der Waals surface area contributed by atoms with Crippen LogP contribution in [0.1, 0.15) is 12.8 Å². The lowest BCUT2D eigenvalue weighted by Gasteiger charge is -2.30. The van der Waals surface area contributed by atoms with Crippen LogP contribution in [-0.4, -0.2) is 64.7 Å². The molecule has 1 saturated heterocycles. The van der Waals surface area contributed by atoms with Gasteiger partial charge in [0, 0.05) is 29.8 Å². The van der Waals surface area contributed by atoms with Crippen LogP contribution in [0.15, 0.2) is 28.4 Å². The Hall–Kier alpha value is -2.49. The highest BCUT2D eigenvalue weighted by molar-refractivity contribution is 7.17. The summed E-state index contributed by atoms with van der Waals surface area (Å²) in [5, 5.41) is 25.2. The highest BCUT2D eigenvalue weighted by Crippen LogP contribution is 2.36. The molecule has 2 N–H and O–H groups in total. The maximum atomic E-state index is 13.2. The number of benzene rings is 1. The molecular formula is C20H25N5O3S. The number of likely N-dealkylation sites (N-methyl/N-ethyl adjacent to an activating group) is 1. The molecule has 0 unspecified atom stereocenters. The Morgan fingerprint density at radius 1 is 1.34 bits per heavy atom. The fraction of sp³-hybridized carbons (Fsp3) is 0.450. The third-order valence-electron chi connectivity index (χ3n) is 5.28. The first-order chi connectivity index (χ1) is 14.1. The molecule has 1 atom stereocenters. The summed E-state index contributed by atoms with van der Waals surface area (Å²) in [6.07, 6.45) is 2.06. The highest BCUT2D eigenvalue weighted by atomic mass is 32.1. The van der Waals surface area contributed by atoms with Crippen molar-refractivity contribution in [1.29, 1.82) is 0 Å². The molecule has 154 valence electrons. The third kappa shape index (κ3) is 3.98. The molecule has 0 amide bonds. The van der Waals surface area contributed by atoms with Gasteiger partial charge in [0.15, 0.2) is 5.82 Å². The summed E-state index contributed by atoms with van der Waals surface area (Å²) in [6, 6.07) is 5.73. The first-order valence-electron chi connectivity index (χ1n) is 9.69. The molecule has 29 heavy (non-hydrogen) atoms. The molecule has 4 rings (SSSR count). The topological polar surface area (TPSA) is 92.5 Å². The lowest BCUT2D eigenvalue weighted by molar-refractivity contribution is 0.186. The summed E-state index contributed by atoms with van der Waals surface area (Å²) in [5.74, 6) is 0.684. The standard InChI is InChI=1S/C20H25N5O3S/c1-24-8-3-4-13(12-24)21-18-20(27)25(9-10-28-2)19(23-22-18)15-5-6-16-14(17(15)26)7-11-29-16/h5-7,11,13,26H,3-4,8-10,12H2,1-2H3,(H,21,22)/t13-/m1/s1. The van der Waals surface area contributed by atoms with Crippen molar-refractivity contribution >= 4 is 27.2 Å². The number of aromatic hydroxyl groups is 1. The van der Waals surface area contributed by atoms with Crippen LogP contribution in [0.25, 0.3) is 21.5 Å². The molecule has 0 spiro atoms. The van der Waals surface area contributed by atoms with Gasteiger partial charge in [-0.05, 0) is 50.0 Å². The van der Waals surface area contributed by atoms with Crippen LogP contribution in [0.3, 0.4) is 0 Å². The molecule has 2 aromatic heterocycles. The minimum absolute atomic E-state index is 0.109. The van der Waals surface area contributed by atoms with E-state index in [1.165, 1.54) is 4.57 Å². The Balaban J connectivity index is 1.74. The van der Waals surface area contributed by atoms with Crippen molar-refractivity contribution in [2.75, 3.05) is 39.2 Å². The van der Waals surface area contributed by atoms with Crippen molar-refractivity contribution in [3.05, 3.63) is 33.9 Å². The molecule has 1 aliphatic heterocycles. The monoisotopic (exact) mass is 415 g/mol. The van der Waals surface area contributed by atoms with E-state index >= 15 is 0 Å². The normalized spacial score (nSPS) is 17.7. The molecule has 9 heteroatoms. The number of nitrogens with zero attached hydrogens (tertiary/aromatic N) is 4. The fourth-order valence-electron chi connectivity index (χ4n) is 3.78. The SMILES string of the molecule is COCCn1c(-c2ccc3sccc3c2O)nnc(N[C@@H]2CCCN(C)C2)c1=O. The second kappa shape index (κ2) is 8.48. The van der Waals surface area contributed by atoms with Gasteiger partial charge in [-0.25, -0.2) is 0 Å². The van der Waals surface area contributed by atoms with E-state index in [-0.39, 0.29) is 23.2 Å². The molecule has 8 nitrogen and oxygen atoms in total. The number of phenols is 1. The van der Waals surface area contributed by atoms with Crippen LogP contribution >= 0.6 is 11.3 Å². The summed E-state index contributed by atoms with van der Waals surface area (Å²) in [5.41, 5.74) is 0.227. The maximum Gasteiger partial charge on any atom is 0.296 e. The van der Waals surface area contributed by atoms with Gasteiger partial charge in [-0.3, -0.25) is 9.36 Å².